The fourth-order valence-corrected chi connectivity index (χ4v) is 4.01. The second-order valence-electron chi connectivity index (χ2n) is 5.66. The molecule has 1 aromatic carbocycles. The number of carbonyl (C=O) groups is 1. The van der Waals surface area contributed by atoms with Crippen LogP contribution in [0.3, 0.4) is 0 Å². The Hall–Kier alpha value is -1.15. The van der Waals surface area contributed by atoms with Crippen LogP contribution < -0.4 is 0 Å². The van der Waals surface area contributed by atoms with Gasteiger partial charge in [0.1, 0.15) is 0 Å². The van der Waals surface area contributed by atoms with Crippen LogP contribution in [-0.4, -0.2) is 50.1 Å². The molecule has 128 valence electrons. The van der Waals surface area contributed by atoms with Gasteiger partial charge in [-0.05, 0) is 36.1 Å². The molecule has 1 aliphatic rings. The van der Waals surface area contributed by atoms with Crippen LogP contribution >= 0.6 is 11.6 Å². The van der Waals surface area contributed by atoms with Crippen molar-refractivity contribution in [3.63, 3.8) is 0 Å². The highest BCUT2D eigenvalue weighted by Crippen LogP contribution is 2.30. The number of aliphatic carboxylic acids is 1. The average Bonchev–Trinajstić information content (AvgIpc) is 3.27. The highest BCUT2D eigenvalue weighted by atomic mass is 35.5. The smallest absolute Gasteiger partial charge is 0.303 e. The normalized spacial score (nSPS) is 18.9. The van der Waals surface area contributed by atoms with Crippen molar-refractivity contribution >= 4 is 27.6 Å². The first-order chi connectivity index (χ1) is 10.7. The van der Waals surface area contributed by atoms with Gasteiger partial charge in [-0.25, -0.2) is 8.42 Å². The number of epoxide rings is 1. The highest BCUT2D eigenvalue weighted by Gasteiger charge is 2.30. The molecule has 1 heterocycles. The van der Waals surface area contributed by atoms with E-state index in [2.05, 4.69) is 0 Å². The molecule has 0 saturated carbocycles. The van der Waals surface area contributed by atoms with Crippen molar-refractivity contribution in [2.75, 3.05) is 20.2 Å². The van der Waals surface area contributed by atoms with Crippen molar-refractivity contribution in [1.82, 2.24) is 4.31 Å². The summed E-state index contributed by atoms with van der Waals surface area (Å²) >= 11 is 6.06. The number of nitrogens with zero attached hydrogens (tertiary/aromatic N) is 1. The van der Waals surface area contributed by atoms with Crippen molar-refractivity contribution in [3.05, 3.63) is 28.8 Å². The van der Waals surface area contributed by atoms with E-state index in [9.17, 15) is 13.2 Å². The molecular weight excluding hydrogens is 342 g/mol. The number of hydrogen-bond donors (Lipinski definition) is 1. The van der Waals surface area contributed by atoms with Gasteiger partial charge in [-0.3, -0.25) is 4.79 Å². The number of hydrogen-bond acceptors (Lipinski definition) is 4. The number of carboxylic acid groups (broad SMARTS) is 1. The molecule has 0 aromatic heterocycles. The van der Waals surface area contributed by atoms with Crippen LogP contribution in [0.4, 0.5) is 0 Å². The Morgan fingerprint density at radius 1 is 1.48 bits per heavy atom. The lowest BCUT2D eigenvalue weighted by atomic mass is 9.93. The second kappa shape index (κ2) is 7.17. The number of likely N-dealkylation sites (N-methyl/N-ethyl adjacent to an activating group) is 1. The molecule has 0 amide bonds. The molecule has 1 saturated heterocycles. The molecule has 8 heteroatoms. The van der Waals surface area contributed by atoms with Gasteiger partial charge in [0.05, 0.1) is 24.0 Å². The summed E-state index contributed by atoms with van der Waals surface area (Å²) < 4.78 is 31.6. The van der Waals surface area contributed by atoms with Crippen LogP contribution in [0, 0.1) is 0 Å². The summed E-state index contributed by atoms with van der Waals surface area (Å²) in [6.07, 6.45) is 0.462. The molecule has 0 bridgehead atoms. The topological polar surface area (TPSA) is 87.2 Å². The minimum atomic E-state index is -3.69. The Balaban J connectivity index is 2.33. The zero-order valence-electron chi connectivity index (χ0n) is 13.0. The van der Waals surface area contributed by atoms with Crippen LogP contribution in [0.2, 0.25) is 5.02 Å². The Bertz CT molecular complexity index is 687. The predicted molar refractivity (Wildman–Crippen MR) is 86.3 cm³/mol. The van der Waals surface area contributed by atoms with E-state index in [1.54, 1.807) is 6.07 Å². The maximum Gasteiger partial charge on any atom is 0.303 e. The van der Waals surface area contributed by atoms with Crippen molar-refractivity contribution in [3.8, 4) is 0 Å². The van der Waals surface area contributed by atoms with Crippen LogP contribution in [0.25, 0.3) is 0 Å². The van der Waals surface area contributed by atoms with Crippen molar-refractivity contribution in [2.24, 2.45) is 0 Å². The molecule has 23 heavy (non-hydrogen) atoms. The van der Waals surface area contributed by atoms with Gasteiger partial charge in [0.25, 0.3) is 0 Å². The minimum Gasteiger partial charge on any atom is -0.481 e. The van der Waals surface area contributed by atoms with Gasteiger partial charge in [0, 0.05) is 18.6 Å². The number of benzene rings is 1. The third-order valence-corrected chi connectivity index (χ3v) is 5.87. The summed E-state index contributed by atoms with van der Waals surface area (Å²) in [5.74, 6) is -1.21. The number of sulfonamides is 1. The Labute approximate surface area is 141 Å². The highest BCUT2D eigenvalue weighted by molar-refractivity contribution is 7.89. The molecule has 0 aliphatic carbocycles. The van der Waals surface area contributed by atoms with E-state index in [1.807, 2.05) is 6.92 Å². The van der Waals surface area contributed by atoms with Crippen LogP contribution in [0.5, 0.6) is 0 Å². The third kappa shape index (κ3) is 4.67. The van der Waals surface area contributed by atoms with E-state index in [0.29, 0.717) is 18.6 Å². The van der Waals surface area contributed by atoms with Gasteiger partial charge >= 0.3 is 5.97 Å². The molecule has 0 spiro atoms. The molecule has 1 aromatic rings. The summed E-state index contributed by atoms with van der Waals surface area (Å²) in [5, 5.41) is 9.27. The number of carboxylic acids is 1. The molecule has 1 fully saturated rings. The lowest BCUT2D eigenvalue weighted by Gasteiger charge is -2.19. The third-order valence-electron chi connectivity index (χ3n) is 3.85. The first-order valence-corrected chi connectivity index (χ1v) is 9.16. The lowest BCUT2D eigenvalue weighted by Crippen LogP contribution is -2.30. The fraction of sp³-hybridized carbons (Fsp3) is 0.533. The molecule has 1 N–H and O–H groups in total. The number of ether oxygens (including phenoxy) is 1. The van der Waals surface area contributed by atoms with E-state index >= 15 is 0 Å². The zero-order valence-corrected chi connectivity index (χ0v) is 14.6. The summed E-state index contributed by atoms with van der Waals surface area (Å²) in [7, 11) is -2.20. The largest absolute Gasteiger partial charge is 0.481 e. The van der Waals surface area contributed by atoms with Gasteiger partial charge < -0.3 is 9.84 Å². The summed E-state index contributed by atoms with van der Waals surface area (Å²) in [6.45, 7) is 2.72. The van der Waals surface area contributed by atoms with Crippen molar-refractivity contribution in [2.45, 2.75) is 36.7 Å². The van der Waals surface area contributed by atoms with E-state index in [1.165, 1.54) is 23.5 Å². The SMILES string of the molecule is CC[C@@H](CC(=O)O)c1cc(Cl)cc(S(=O)(=O)N(C)CC2CO2)c1. The molecule has 6 nitrogen and oxygen atoms in total. The average molecular weight is 362 g/mol. The first-order valence-electron chi connectivity index (χ1n) is 7.34. The van der Waals surface area contributed by atoms with E-state index in [-0.39, 0.29) is 34.9 Å². The first kappa shape index (κ1) is 18.2. The van der Waals surface area contributed by atoms with E-state index in [4.69, 9.17) is 21.4 Å². The molecule has 1 aliphatic heterocycles. The van der Waals surface area contributed by atoms with Gasteiger partial charge in [0.15, 0.2) is 0 Å². The van der Waals surface area contributed by atoms with Gasteiger partial charge in [0.2, 0.25) is 10.0 Å². The van der Waals surface area contributed by atoms with Gasteiger partial charge in [-0.1, -0.05) is 18.5 Å². The molecule has 2 rings (SSSR count). The number of halogens is 1. The summed E-state index contributed by atoms with van der Waals surface area (Å²) in [5.41, 5.74) is 0.622. The Morgan fingerprint density at radius 3 is 2.65 bits per heavy atom. The van der Waals surface area contributed by atoms with Crippen LogP contribution in [0.1, 0.15) is 31.2 Å². The van der Waals surface area contributed by atoms with Crippen molar-refractivity contribution in [1.29, 1.82) is 0 Å². The molecule has 1 unspecified atom stereocenters. The Kier molecular flexibility index (Phi) is 5.67. The van der Waals surface area contributed by atoms with Gasteiger partial charge in [-0.15, -0.1) is 0 Å². The molecule has 2 atom stereocenters. The van der Waals surface area contributed by atoms with Gasteiger partial charge in [-0.2, -0.15) is 4.31 Å². The summed E-state index contributed by atoms with van der Waals surface area (Å²) in [6, 6.07) is 4.53. The maximum absolute atomic E-state index is 12.6. The maximum atomic E-state index is 12.6. The van der Waals surface area contributed by atoms with E-state index in [0.717, 1.165) is 0 Å². The van der Waals surface area contributed by atoms with E-state index < -0.39 is 16.0 Å². The minimum absolute atomic E-state index is 0.0520. The fourth-order valence-electron chi connectivity index (χ4n) is 2.42. The number of rotatable bonds is 8. The quantitative estimate of drug-likeness (QED) is 0.718. The zero-order chi connectivity index (χ0) is 17.2. The molecular formula is C15H20ClNO5S. The van der Waals surface area contributed by atoms with Crippen molar-refractivity contribution < 1.29 is 23.1 Å². The van der Waals surface area contributed by atoms with Crippen LogP contribution in [-0.2, 0) is 19.6 Å². The standard InChI is InChI=1S/C15H20ClNO5S/c1-3-10(6-15(18)19)11-4-12(16)7-14(5-11)23(20,21)17(2)8-13-9-22-13/h4-5,7,10,13H,3,6,8-9H2,1-2H3,(H,18,19)/t10-,13?/m0/s1. The monoisotopic (exact) mass is 361 g/mol. The second-order valence-corrected chi connectivity index (χ2v) is 8.15. The van der Waals surface area contributed by atoms with Crippen LogP contribution in [0.15, 0.2) is 23.1 Å². The predicted octanol–water partition coefficient (Wildman–Crippen LogP) is 2.33. The Morgan fingerprint density at radius 2 is 2.13 bits per heavy atom. The summed E-state index contributed by atoms with van der Waals surface area (Å²) in [4.78, 5) is 11.0. The lowest BCUT2D eigenvalue weighted by molar-refractivity contribution is -0.137. The molecule has 0 radical (unpaired) electrons.